The van der Waals surface area contributed by atoms with Crippen molar-refractivity contribution in [1.82, 2.24) is 0 Å². The zero-order valence-electron chi connectivity index (χ0n) is 44.6. The Balaban J connectivity index is 4.39. The first-order valence-electron chi connectivity index (χ1n) is 28.6. The van der Waals surface area contributed by atoms with Crippen LogP contribution in [0, 0.1) is 0 Å². The lowest BCUT2D eigenvalue weighted by molar-refractivity contribution is -0.167. The molecule has 0 aliphatic carbocycles. The molecule has 0 saturated carbocycles. The van der Waals surface area contributed by atoms with Gasteiger partial charge in [0.2, 0.25) is 0 Å². The Bertz CT molecular complexity index is 1320. The molecule has 0 fully saturated rings. The van der Waals surface area contributed by atoms with Gasteiger partial charge in [0.15, 0.2) is 6.10 Å². The minimum absolute atomic E-state index is 0.0893. The van der Waals surface area contributed by atoms with E-state index in [2.05, 4.69) is 106 Å². The highest BCUT2D eigenvalue weighted by Crippen LogP contribution is 2.15. The molecule has 0 aliphatic heterocycles. The molecule has 0 aliphatic rings. The molecule has 0 heterocycles. The molecule has 0 rings (SSSR count). The topological polar surface area (TPSA) is 78.9 Å². The number of ether oxygens (including phenoxy) is 3. The van der Waals surface area contributed by atoms with E-state index in [0.29, 0.717) is 19.3 Å². The highest BCUT2D eigenvalue weighted by Gasteiger charge is 2.19. The third-order valence-electron chi connectivity index (χ3n) is 12.2. The van der Waals surface area contributed by atoms with Crippen LogP contribution in [0.1, 0.15) is 271 Å². The van der Waals surface area contributed by atoms with Crippen molar-refractivity contribution in [3.63, 3.8) is 0 Å². The second-order valence-electron chi connectivity index (χ2n) is 18.8. The lowest BCUT2D eigenvalue weighted by Crippen LogP contribution is -2.30. The first-order valence-corrected chi connectivity index (χ1v) is 28.6. The number of hydrogen-bond donors (Lipinski definition) is 0. The Labute approximate surface area is 420 Å². The van der Waals surface area contributed by atoms with Crippen LogP contribution in [0.5, 0.6) is 0 Å². The summed E-state index contributed by atoms with van der Waals surface area (Å²) in [7, 11) is 0. The van der Waals surface area contributed by atoms with E-state index in [0.717, 1.165) is 116 Å². The summed E-state index contributed by atoms with van der Waals surface area (Å²) < 4.78 is 16.8. The van der Waals surface area contributed by atoms with Crippen LogP contribution in [0.2, 0.25) is 0 Å². The maximum absolute atomic E-state index is 12.9. The molecule has 0 N–H and O–H groups in total. The van der Waals surface area contributed by atoms with Crippen molar-refractivity contribution in [2.75, 3.05) is 13.2 Å². The van der Waals surface area contributed by atoms with E-state index in [9.17, 15) is 14.4 Å². The third kappa shape index (κ3) is 53.5. The molecule has 68 heavy (non-hydrogen) atoms. The summed E-state index contributed by atoms with van der Waals surface area (Å²) >= 11 is 0. The normalized spacial score (nSPS) is 12.7. The summed E-state index contributed by atoms with van der Waals surface area (Å²) in [4.78, 5) is 38.1. The van der Waals surface area contributed by atoms with Gasteiger partial charge in [-0.1, -0.05) is 241 Å². The fraction of sp³-hybridized carbons (Fsp3) is 0.726. The van der Waals surface area contributed by atoms with Gasteiger partial charge in [0.1, 0.15) is 13.2 Å². The van der Waals surface area contributed by atoms with Gasteiger partial charge in [-0.2, -0.15) is 0 Å². The molecule has 1 unspecified atom stereocenters. The van der Waals surface area contributed by atoms with Gasteiger partial charge in [0, 0.05) is 19.3 Å². The van der Waals surface area contributed by atoms with Crippen LogP contribution in [-0.4, -0.2) is 37.2 Å². The quantitative estimate of drug-likeness (QED) is 0.0199. The maximum atomic E-state index is 12.9. The fourth-order valence-corrected chi connectivity index (χ4v) is 7.92. The second kappa shape index (κ2) is 56.2. The van der Waals surface area contributed by atoms with Gasteiger partial charge in [-0.3, -0.25) is 14.4 Å². The van der Waals surface area contributed by atoms with Crippen molar-refractivity contribution in [1.29, 1.82) is 0 Å². The predicted octanol–water partition coefficient (Wildman–Crippen LogP) is 19.2. The molecular weight excluding hydrogens is 841 g/mol. The summed E-state index contributed by atoms with van der Waals surface area (Å²) in [5.74, 6) is -0.918. The van der Waals surface area contributed by atoms with Crippen molar-refractivity contribution in [3.8, 4) is 0 Å². The standard InChI is InChI=1S/C62H106O6/c1-4-7-10-13-16-19-22-25-27-29-31-33-34-37-40-43-46-49-52-55-61(64)67-58-59(57-66-60(63)54-51-48-45-42-39-36-24-21-18-15-12-9-6-3)68-62(65)56-53-50-47-44-41-38-35-32-30-28-26-23-20-17-14-11-8-5-2/h7,9-10,12,15-16,18-19,21,24-25,27,32,35,59H,4-6,8,11,13-14,17,20,22-23,26,28-31,33-34,36-58H2,1-3H3/b10-7-,12-9-,18-15-,19-16-,24-21-,27-25-,35-32-. The number of carbonyl (C=O) groups excluding carboxylic acids is 3. The molecule has 0 radical (unpaired) electrons. The number of carbonyl (C=O) groups is 3. The van der Waals surface area contributed by atoms with Gasteiger partial charge in [-0.15, -0.1) is 0 Å². The van der Waals surface area contributed by atoms with Crippen LogP contribution in [0.25, 0.3) is 0 Å². The molecular formula is C62H106O6. The van der Waals surface area contributed by atoms with Gasteiger partial charge >= 0.3 is 17.9 Å². The van der Waals surface area contributed by atoms with Crippen molar-refractivity contribution < 1.29 is 28.6 Å². The Kier molecular flexibility index (Phi) is 53.4. The van der Waals surface area contributed by atoms with Crippen LogP contribution in [-0.2, 0) is 28.6 Å². The molecule has 0 spiro atoms. The van der Waals surface area contributed by atoms with Gasteiger partial charge < -0.3 is 14.2 Å². The molecule has 0 bridgehead atoms. The van der Waals surface area contributed by atoms with Crippen LogP contribution < -0.4 is 0 Å². The van der Waals surface area contributed by atoms with E-state index in [1.54, 1.807) is 0 Å². The van der Waals surface area contributed by atoms with Crippen LogP contribution in [0.4, 0.5) is 0 Å². The van der Waals surface area contributed by atoms with E-state index >= 15 is 0 Å². The van der Waals surface area contributed by atoms with Gasteiger partial charge in [-0.05, 0) is 96.3 Å². The van der Waals surface area contributed by atoms with Crippen LogP contribution >= 0.6 is 0 Å². The highest BCUT2D eigenvalue weighted by molar-refractivity contribution is 5.71. The Hall–Kier alpha value is -3.41. The van der Waals surface area contributed by atoms with Gasteiger partial charge in [0.25, 0.3) is 0 Å². The molecule has 0 aromatic carbocycles. The zero-order valence-corrected chi connectivity index (χ0v) is 44.6. The maximum Gasteiger partial charge on any atom is 0.306 e. The lowest BCUT2D eigenvalue weighted by Gasteiger charge is -2.18. The SMILES string of the molecule is CC\C=C/C=C\C=C/CCCCCCCC(=O)OCC(COC(=O)CCCCCCCCCCC/C=C\C/C=C\C/C=C\CC)OC(=O)CCCCCCC/C=C\CCCCCCCCCCC. The van der Waals surface area contributed by atoms with E-state index < -0.39 is 6.10 Å². The van der Waals surface area contributed by atoms with Crippen molar-refractivity contribution >= 4 is 17.9 Å². The Morgan fingerprint density at radius 1 is 0.324 bits per heavy atom. The van der Waals surface area contributed by atoms with Gasteiger partial charge in [0.05, 0.1) is 0 Å². The predicted molar refractivity (Wildman–Crippen MR) is 293 cm³/mol. The second-order valence-corrected chi connectivity index (χ2v) is 18.8. The molecule has 1 atom stereocenters. The van der Waals surface area contributed by atoms with E-state index in [-0.39, 0.29) is 31.1 Å². The van der Waals surface area contributed by atoms with E-state index in [1.807, 2.05) is 0 Å². The van der Waals surface area contributed by atoms with E-state index in [1.165, 1.54) is 116 Å². The molecule has 0 amide bonds. The summed E-state index contributed by atoms with van der Waals surface area (Å²) in [6.45, 7) is 6.38. The molecule has 6 nitrogen and oxygen atoms in total. The number of unbranched alkanes of at least 4 members (excludes halogenated alkanes) is 28. The Morgan fingerprint density at radius 2 is 0.647 bits per heavy atom. The van der Waals surface area contributed by atoms with Crippen LogP contribution in [0.15, 0.2) is 85.1 Å². The number of allylic oxidation sites excluding steroid dienone is 14. The fourth-order valence-electron chi connectivity index (χ4n) is 7.92. The molecule has 6 heteroatoms. The Morgan fingerprint density at radius 3 is 1.07 bits per heavy atom. The summed E-state index contributed by atoms with van der Waals surface area (Å²) in [5, 5.41) is 0. The van der Waals surface area contributed by atoms with Crippen molar-refractivity contribution in [3.05, 3.63) is 85.1 Å². The summed E-state index contributed by atoms with van der Waals surface area (Å²) in [5.41, 5.74) is 0. The van der Waals surface area contributed by atoms with Gasteiger partial charge in [-0.25, -0.2) is 0 Å². The molecule has 0 aromatic heterocycles. The molecule has 0 saturated heterocycles. The first-order chi connectivity index (χ1) is 33.5. The largest absolute Gasteiger partial charge is 0.462 e. The number of hydrogen-bond acceptors (Lipinski definition) is 6. The van der Waals surface area contributed by atoms with E-state index in [4.69, 9.17) is 14.2 Å². The van der Waals surface area contributed by atoms with Crippen LogP contribution in [0.3, 0.4) is 0 Å². The average Bonchev–Trinajstić information content (AvgIpc) is 3.34. The van der Waals surface area contributed by atoms with Crippen molar-refractivity contribution in [2.24, 2.45) is 0 Å². The zero-order chi connectivity index (χ0) is 49.3. The average molecular weight is 948 g/mol. The number of esters is 3. The minimum Gasteiger partial charge on any atom is -0.462 e. The molecule has 0 aromatic rings. The minimum atomic E-state index is -0.792. The summed E-state index contributed by atoms with van der Waals surface area (Å²) in [6.07, 6.45) is 72.9. The third-order valence-corrected chi connectivity index (χ3v) is 12.2. The summed E-state index contributed by atoms with van der Waals surface area (Å²) in [6, 6.07) is 0. The molecule has 390 valence electrons. The van der Waals surface area contributed by atoms with Crippen molar-refractivity contribution in [2.45, 2.75) is 277 Å². The highest BCUT2D eigenvalue weighted by atomic mass is 16.6. The lowest BCUT2D eigenvalue weighted by atomic mass is 10.1. The number of rotatable bonds is 51. The monoisotopic (exact) mass is 947 g/mol. The first kappa shape index (κ1) is 64.6. The smallest absolute Gasteiger partial charge is 0.306 e.